The summed E-state index contributed by atoms with van der Waals surface area (Å²) in [6.45, 7) is 0.161. The number of carboxylic acids is 1. The van der Waals surface area contributed by atoms with Crippen LogP contribution in [0.2, 0.25) is 0 Å². The molecule has 2 saturated heterocycles. The van der Waals surface area contributed by atoms with Crippen molar-refractivity contribution < 1.29 is 29.0 Å². The van der Waals surface area contributed by atoms with Crippen LogP contribution < -0.4 is 21.1 Å². The average molecular weight is 523 g/mol. The topological polar surface area (TPSA) is 151 Å². The largest absolute Gasteiger partial charge is 0.496 e. The summed E-state index contributed by atoms with van der Waals surface area (Å²) in [6, 6.07) is 9.67. The molecule has 2 aliphatic heterocycles. The van der Waals surface area contributed by atoms with Gasteiger partial charge in [-0.2, -0.15) is 0 Å². The highest BCUT2D eigenvalue weighted by Gasteiger charge is 2.68. The summed E-state index contributed by atoms with van der Waals surface area (Å²) < 4.78 is 5.54. The summed E-state index contributed by atoms with van der Waals surface area (Å²) in [4.78, 5) is 53.6. The SMILES string of the molecule is COc1ccc(C2NC(CCCNC(N)=O)(C(=O)O)C3C(=O)N(C4CCCCC4)C(=O)C23)c2ccccc12. The first-order chi connectivity index (χ1) is 18.3. The van der Waals surface area contributed by atoms with Crippen LogP contribution in [0.5, 0.6) is 5.75 Å². The zero-order valence-electron chi connectivity index (χ0n) is 21.4. The van der Waals surface area contributed by atoms with E-state index in [9.17, 15) is 24.3 Å². The minimum atomic E-state index is -1.67. The van der Waals surface area contributed by atoms with Crippen LogP contribution in [0.3, 0.4) is 0 Å². The Morgan fingerprint density at radius 2 is 1.82 bits per heavy atom. The third-order valence-corrected chi connectivity index (χ3v) is 8.53. The Balaban J connectivity index is 1.61. The van der Waals surface area contributed by atoms with E-state index in [1.165, 1.54) is 4.90 Å². The first kappa shape index (κ1) is 26.0. The van der Waals surface area contributed by atoms with Gasteiger partial charge in [0.05, 0.1) is 18.9 Å². The van der Waals surface area contributed by atoms with Gasteiger partial charge in [-0.15, -0.1) is 0 Å². The van der Waals surface area contributed by atoms with Crippen LogP contribution in [0.4, 0.5) is 4.79 Å². The quantitative estimate of drug-likeness (QED) is 0.307. The third kappa shape index (κ3) is 4.16. The monoisotopic (exact) mass is 522 g/mol. The van der Waals surface area contributed by atoms with Crippen LogP contribution in [-0.4, -0.2) is 59.1 Å². The molecule has 0 bridgehead atoms. The number of rotatable bonds is 8. The molecule has 3 aliphatic rings. The molecule has 5 rings (SSSR count). The van der Waals surface area contributed by atoms with Gasteiger partial charge in [-0.25, -0.2) is 4.79 Å². The van der Waals surface area contributed by atoms with Crippen molar-refractivity contribution >= 4 is 34.6 Å². The van der Waals surface area contributed by atoms with E-state index in [1.807, 2.05) is 36.4 Å². The number of amides is 4. The number of hydrogen-bond acceptors (Lipinski definition) is 6. The lowest BCUT2D eigenvalue weighted by Crippen LogP contribution is -2.56. The lowest BCUT2D eigenvalue weighted by Gasteiger charge is -2.34. The number of ether oxygens (including phenoxy) is 1. The molecule has 4 amide bonds. The number of urea groups is 1. The van der Waals surface area contributed by atoms with Gasteiger partial charge in [-0.3, -0.25) is 24.6 Å². The predicted molar refractivity (Wildman–Crippen MR) is 139 cm³/mol. The molecule has 10 heteroatoms. The number of nitrogens with two attached hydrogens (primary N) is 1. The molecule has 2 aromatic rings. The van der Waals surface area contributed by atoms with Crippen molar-refractivity contribution in [2.45, 2.75) is 62.6 Å². The van der Waals surface area contributed by atoms with Crippen molar-refractivity contribution in [3.8, 4) is 5.75 Å². The molecule has 38 heavy (non-hydrogen) atoms. The van der Waals surface area contributed by atoms with Gasteiger partial charge in [0.25, 0.3) is 0 Å². The van der Waals surface area contributed by atoms with Crippen molar-refractivity contribution in [2.24, 2.45) is 17.6 Å². The molecule has 4 unspecified atom stereocenters. The molecule has 10 nitrogen and oxygen atoms in total. The summed E-state index contributed by atoms with van der Waals surface area (Å²) >= 11 is 0. The molecule has 2 aromatic carbocycles. The molecule has 0 spiro atoms. The first-order valence-electron chi connectivity index (χ1n) is 13.3. The molecule has 5 N–H and O–H groups in total. The van der Waals surface area contributed by atoms with E-state index in [-0.39, 0.29) is 31.3 Å². The fourth-order valence-electron chi connectivity index (χ4n) is 6.85. The van der Waals surface area contributed by atoms with Gasteiger partial charge < -0.3 is 20.9 Å². The molecule has 1 saturated carbocycles. The average Bonchev–Trinajstić information content (AvgIpc) is 3.40. The number of nitrogens with one attached hydrogen (secondary N) is 2. The summed E-state index contributed by atoms with van der Waals surface area (Å²) in [6.07, 6.45) is 4.73. The number of hydrogen-bond donors (Lipinski definition) is 4. The number of primary amides is 1. The third-order valence-electron chi connectivity index (χ3n) is 8.53. The lowest BCUT2D eigenvalue weighted by atomic mass is 9.76. The summed E-state index contributed by atoms with van der Waals surface area (Å²) in [5.41, 5.74) is 4.26. The Morgan fingerprint density at radius 3 is 2.47 bits per heavy atom. The zero-order chi connectivity index (χ0) is 27.0. The Labute approximate surface area is 220 Å². The number of carboxylic acid groups (broad SMARTS) is 1. The van der Waals surface area contributed by atoms with E-state index in [2.05, 4.69) is 10.6 Å². The Bertz CT molecular complexity index is 1280. The van der Waals surface area contributed by atoms with E-state index in [4.69, 9.17) is 10.5 Å². The van der Waals surface area contributed by atoms with Gasteiger partial charge in [-0.05, 0) is 42.7 Å². The molecular weight excluding hydrogens is 488 g/mol. The first-order valence-corrected chi connectivity index (χ1v) is 13.3. The van der Waals surface area contributed by atoms with Gasteiger partial charge in [-0.1, -0.05) is 49.6 Å². The highest BCUT2D eigenvalue weighted by atomic mass is 16.5. The smallest absolute Gasteiger partial charge is 0.324 e. The van der Waals surface area contributed by atoms with E-state index in [0.717, 1.165) is 48.4 Å². The number of likely N-dealkylation sites (tertiary alicyclic amines) is 1. The Kier molecular flexibility index (Phi) is 7.00. The van der Waals surface area contributed by atoms with Crippen LogP contribution in [0.1, 0.15) is 56.6 Å². The van der Waals surface area contributed by atoms with Crippen LogP contribution in [0, 0.1) is 11.8 Å². The standard InChI is InChI=1S/C28H34N4O6/c1-38-20-13-12-19(17-10-5-6-11-18(17)20)23-21-22(25(34)32(24(21)33)16-8-3-2-4-9-16)28(31-23,26(35)36)14-7-15-30-27(29)37/h5-6,10-13,16,21-23,31H,2-4,7-9,14-15H2,1H3,(H,35,36)(H3,29,30,37). The maximum absolute atomic E-state index is 14.0. The lowest BCUT2D eigenvalue weighted by molar-refractivity contribution is -0.153. The summed E-state index contributed by atoms with van der Waals surface area (Å²) in [5.74, 6) is -3.15. The predicted octanol–water partition coefficient (Wildman–Crippen LogP) is 2.70. The molecule has 0 radical (unpaired) electrons. The highest BCUT2D eigenvalue weighted by molar-refractivity contribution is 6.10. The van der Waals surface area contributed by atoms with Gasteiger partial charge >= 0.3 is 12.0 Å². The number of imide groups is 1. The minimum absolute atomic E-state index is 0.0475. The molecule has 0 aromatic heterocycles. The molecule has 3 fully saturated rings. The van der Waals surface area contributed by atoms with Gasteiger partial charge in [0.2, 0.25) is 11.8 Å². The number of nitrogens with zero attached hydrogens (tertiary/aromatic N) is 1. The second kappa shape index (κ2) is 10.2. The van der Waals surface area contributed by atoms with Crippen LogP contribution in [0.25, 0.3) is 10.8 Å². The Morgan fingerprint density at radius 1 is 1.11 bits per heavy atom. The second-order valence-corrected chi connectivity index (χ2v) is 10.5. The Hall–Kier alpha value is -3.66. The van der Waals surface area contributed by atoms with Crippen LogP contribution in [0.15, 0.2) is 36.4 Å². The number of fused-ring (bicyclic) bond motifs is 2. The fraction of sp³-hybridized carbons (Fsp3) is 0.500. The molecule has 1 aliphatic carbocycles. The van der Waals surface area contributed by atoms with Gasteiger partial charge in [0, 0.05) is 24.0 Å². The van der Waals surface area contributed by atoms with Crippen molar-refractivity contribution in [3.63, 3.8) is 0 Å². The van der Waals surface area contributed by atoms with E-state index in [0.29, 0.717) is 5.75 Å². The summed E-state index contributed by atoms with van der Waals surface area (Å²) in [5, 5.41) is 18.0. The van der Waals surface area contributed by atoms with Crippen molar-refractivity contribution in [3.05, 3.63) is 42.0 Å². The molecular formula is C28H34N4O6. The number of benzene rings is 2. The maximum Gasteiger partial charge on any atom is 0.324 e. The van der Waals surface area contributed by atoms with E-state index >= 15 is 0 Å². The fourth-order valence-corrected chi connectivity index (χ4v) is 6.85. The zero-order valence-corrected chi connectivity index (χ0v) is 21.4. The maximum atomic E-state index is 14.0. The van der Waals surface area contributed by atoms with Gasteiger partial charge in [0.15, 0.2) is 0 Å². The highest BCUT2D eigenvalue weighted by Crippen LogP contribution is 2.52. The molecule has 202 valence electrons. The van der Waals surface area contributed by atoms with Gasteiger partial charge in [0.1, 0.15) is 11.3 Å². The molecule has 4 atom stereocenters. The second-order valence-electron chi connectivity index (χ2n) is 10.5. The van der Waals surface area contributed by atoms with Crippen molar-refractivity contribution in [1.29, 1.82) is 0 Å². The van der Waals surface area contributed by atoms with Crippen molar-refractivity contribution in [1.82, 2.24) is 15.5 Å². The summed E-state index contributed by atoms with van der Waals surface area (Å²) in [7, 11) is 1.59. The number of aliphatic carboxylic acids is 1. The number of carbonyl (C=O) groups excluding carboxylic acids is 3. The van der Waals surface area contributed by atoms with Crippen LogP contribution >= 0.6 is 0 Å². The van der Waals surface area contributed by atoms with Crippen molar-refractivity contribution in [2.75, 3.05) is 13.7 Å². The van der Waals surface area contributed by atoms with Crippen LogP contribution in [-0.2, 0) is 14.4 Å². The molecule has 2 heterocycles. The minimum Gasteiger partial charge on any atom is -0.496 e. The number of carbonyl (C=O) groups is 4. The van der Waals surface area contributed by atoms with E-state index < -0.39 is 41.3 Å². The van der Waals surface area contributed by atoms with E-state index in [1.54, 1.807) is 7.11 Å². The number of methoxy groups -OCH3 is 1. The normalized spacial score (nSPS) is 27.5.